The number of hydrogen-bond acceptors (Lipinski definition) is 2. The summed E-state index contributed by atoms with van der Waals surface area (Å²) in [6.45, 7) is 2.18. The molecule has 0 aliphatic heterocycles. The highest BCUT2D eigenvalue weighted by atomic mass is 79.9. The van der Waals surface area contributed by atoms with Crippen LogP contribution in [0, 0.1) is 6.92 Å². The van der Waals surface area contributed by atoms with E-state index in [0.717, 1.165) is 27.7 Å². The van der Waals surface area contributed by atoms with Gasteiger partial charge in [-0.3, -0.25) is 4.40 Å². The fraction of sp³-hybridized carbons (Fsp3) is 0.312. The van der Waals surface area contributed by atoms with Gasteiger partial charge < -0.3 is 0 Å². The second-order valence-corrected chi connectivity index (χ2v) is 7.36. The molecule has 0 N–H and O–H groups in total. The topological polar surface area (TPSA) is 17.3 Å². The van der Waals surface area contributed by atoms with E-state index >= 15 is 0 Å². The van der Waals surface area contributed by atoms with Crippen molar-refractivity contribution in [3.63, 3.8) is 0 Å². The fourth-order valence-corrected chi connectivity index (χ4v) is 5.39. The Morgan fingerprint density at radius 1 is 1.24 bits per heavy atom. The van der Waals surface area contributed by atoms with Gasteiger partial charge in [0.05, 0.1) is 5.69 Å². The van der Waals surface area contributed by atoms with Crippen molar-refractivity contribution >= 4 is 48.2 Å². The summed E-state index contributed by atoms with van der Waals surface area (Å²) in [4.78, 5) is 5.81. The van der Waals surface area contributed by atoms with Crippen LogP contribution >= 0.6 is 43.2 Å². The largest absolute Gasteiger partial charge is 0.297 e. The van der Waals surface area contributed by atoms with Crippen molar-refractivity contribution in [2.75, 3.05) is 10.7 Å². The number of fused-ring (bicyclic) bond motifs is 1. The molecule has 2 heterocycles. The molecule has 0 saturated carbocycles. The van der Waals surface area contributed by atoms with Crippen molar-refractivity contribution in [2.45, 2.75) is 18.8 Å². The van der Waals surface area contributed by atoms with E-state index < -0.39 is 0 Å². The van der Waals surface area contributed by atoms with E-state index in [9.17, 15) is 0 Å². The summed E-state index contributed by atoms with van der Waals surface area (Å²) in [5, 5.41) is 3.87. The Labute approximate surface area is 145 Å². The van der Waals surface area contributed by atoms with Gasteiger partial charge in [0, 0.05) is 40.3 Å². The molecule has 2 aromatic heterocycles. The van der Waals surface area contributed by atoms with Gasteiger partial charge in [0.2, 0.25) is 0 Å². The van der Waals surface area contributed by atoms with Gasteiger partial charge in [-0.1, -0.05) is 56.1 Å². The van der Waals surface area contributed by atoms with E-state index in [2.05, 4.69) is 85.2 Å². The van der Waals surface area contributed by atoms with Gasteiger partial charge in [-0.05, 0) is 18.1 Å². The van der Waals surface area contributed by atoms with Crippen LogP contribution in [-0.4, -0.2) is 20.0 Å². The highest BCUT2D eigenvalue weighted by molar-refractivity contribution is 9.09. The van der Waals surface area contributed by atoms with Gasteiger partial charge in [-0.25, -0.2) is 4.98 Å². The number of rotatable bonds is 5. The van der Waals surface area contributed by atoms with Gasteiger partial charge in [0.25, 0.3) is 0 Å². The molecule has 110 valence electrons. The lowest BCUT2D eigenvalue weighted by Gasteiger charge is -2.31. The normalized spacial score (nSPS) is 12.1. The quantitative estimate of drug-likeness (QED) is 0.525. The minimum Gasteiger partial charge on any atom is -0.297 e. The molecule has 2 nitrogen and oxygen atoms in total. The average molecular weight is 428 g/mol. The number of alkyl halides is 2. The third-order valence-electron chi connectivity index (χ3n) is 3.89. The number of thiazole rings is 1. The summed E-state index contributed by atoms with van der Waals surface area (Å²) in [7, 11) is 0. The Bertz CT molecular complexity index is 715. The molecular formula is C16H16Br2N2S. The summed E-state index contributed by atoms with van der Waals surface area (Å²) < 4.78 is 2.10. The zero-order valence-corrected chi connectivity index (χ0v) is 15.7. The van der Waals surface area contributed by atoms with Crippen molar-refractivity contribution in [1.82, 2.24) is 9.38 Å². The number of hydrogen-bond donors (Lipinski definition) is 0. The lowest BCUT2D eigenvalue weighted by Crippen LogP contribution is -2.34. The van der Waals surface area contributed by atoms with Crippen LogP contribution in [0.25, 0.3) is 4.96 Å². The second-order valence-electron chi connectivity index (χ2n) is 5.36. The zero-order chi connectivity index (χ0) is 14.9. The molecular weight excluding hydrogens is 412 g/mol. The van der Waals surface area contributed by atoms with Crippen LogP contribution < -0.4 is 0 Å². The van der Waals surface area contributed by atoms with Crippen molar-refractivity contribution in [2.24, 2.45) is 0 Å². The van der Waals surface area contributed by atoms with Crippen LogP contribution in [0.5, 0.6) is 0 Å². The lowest BCUT2D eigenvalue weighted by atomic mass is 9.78. The van der Waals surface area contributed by atoms with Gasteiger partial charge in [0.1, 0.15) is 0 Å². The van der Waals surface area contributed by atoms with Crippen molar-refractivity contribution in [1.29, 1.82) is 0 Å². The molecule has 0 spiro atoms. The van der Waals surface area contributed by atoms with E-state index in [1.165, 1.54) is 11.1 Å². The molecule has 0 bridgehead atoms. The Morgan fingerprint density at radius 2 is 2.00 bits per heavy atom. The lowest BCUT2D eigenvalue weighted by molar-refractivity contribution is 0.541. The molecule has 0 aliphatic carbocycles. The van der Waals surface area contributed by atoms with Crippen LogP contribution in [0.2, 0.25) is 0 Å². The minimum atomic E-state index is 0.0232. The summed E-state index contributed by atoms with van der Waals surface area (Å²) in [6.07, 6.45) is 5.13. The molecule has 0 aliphatic rings. The molecule has 0 fully saturated rings. The van der Waals surface area contributed by atoms with E-state index in [1.807, 2.05) is 0 Å². The predicted molar refractivity (Wildman–Crippen MR) is 97.2 cm³/mol. The first-order valence-corrected chi connectivity index (χ1v) is 9.90. The van der Waals surface area contributed by atoms with Crippen LogP contribution in [0.4, 0.5) is 0 Å². The number of aromatic nitrogens is 2. The summed E-state index contributed by atoms with van der Waals surface area (Å²) in [6, 6.07) is 8.63. The minimum absolute atomic E-state index is 0.0232. The number of imidazole rings is 1. The fourth-order valence-electron chi connectivity index (χ4n) is 2.75. The average Bonchev–Trinajstić information content (AvgIpc) is 3.07. The van der Waals surface area contributed by atoms with E-state index in [1.54, 1.807) is 11.3 Å². The molecule has 0 amide bonds. The van der Waals surface area contributed by atoms with Crippen molar-refractivity contribution < 1.29 is 0 Å². The SMILES string of the molecule is Cc1ccccc1C(CBr)(CBr)Cc1cn2ccsc2n1. The molecule has 0 unspecified atom stereocenters. The van der Waals surface area contributed by atoms with Crippen LogP contribution in [-0.2, 0) is 11.8 Å². The van der Waals surface area contributed by atoms with Crippen LogP contribution in [0.15, 0.2) is 42.0 Å². The molecule has 5 heteroatoms. The predicted octanol–water partition coefficient (Wildman–Crippen LogP) is 4.97. The maximum Gasteiger partial charge on any atom is 0.193 e. The van der Waals surface area contributed by atoms with Crippen LogP contribution in [0.3, 0.4) is 0 Å². The summed E-state index contributed by atoms with van der Waals surface area (Å²) >= 11 is 9.15. The molecule has 3 aromatic rings. The molecule has 0 saturated heterocycles. The Kier molecular flexibility index (Phi) is 4.52. The number of aryl methyl sites for hydroxylation is 1. The maximum absolute atomic E-state index is 4.75. The Hall–Kier alpha value is -0.650. The molecule has 21 heavy (non-hydrogen) atoms. The van der Waals surface area contributed by atoms with E-state index in [4.69, 9.17) is 4.98 Å². The maximum atomic E-state index is 4.75. The van der Waals surface area contributed by atoms with E-state index in [0.29, 0.717) is 0 Å². The second kappa shape index (κ2) is 6.23. The molecule has 0 atom stereocenters. The third-order valence-corrected chi connectivity index (χ3v) is 6.81. The monoisotopic (exact) mass is 426 g/mol. The van der Waals surface area contributed by atoms with E-state index in [-0.39, 0.29) is 5.41 Å². The molecule has 1 aromatic carbocycles. The van der Waals surface area contributed by atoms with Crippen molar-refractivity contribution in [3.05, 3.63) is 58.9 Å². The summed E-state index contributed by atoms with van der Waals surface area (Å²) in [5.74, 6) is 0. The Balaban J connectivity index is 2.01. The number of halogens is 2. The number of benzene rings is 1. The standard InChI is InChI=1S/C16H16Br2N2S/c1-12-4-2-3-5-14(12)16(10-17,11-18)8-13-9-20-6-7-21-15(20)19-13/h2-7,9H,8,10-11H2,1H3. The Morgan fingerprint density at radius 3 is 2.67 bits per heavy atom. The van der Waals surface area contributed by atoms with Crippen molar-refractivity contribution in [3.8, 4) is 0 Å². The van der Waals surface area contributed by atoms with Crippen LogP contribution in [0.1, 0.15) is 16.8 Å². The molecule has 0 radical (unpaired) electrons. The molecule has 3 rings (SSSR count). The van der Waals surface area contributed by atoms with Gasteiger partial charge in [-0.15, -0.1) is 11.3 Å². The number of nitrogens with zero attached hydrogens (tertiary/aromatic N) is 2. The summed E-state index contributed by atoms with van der Waals surface area (Å²) in [5.41, 5.74) is 3.88. The first-order chi connectivity index (χ1) is 10.2. The van der Waals surface area contributed by atoms with Gasteiger partial charge >= 0.3 is 0 Å². The first kappa shape index (κ1) is 15.3. The highest BCUT2D eigenvalue weighted by Gasteiger charge is 2.32. The van der Waals surface area contributed by atoms with Gasteiger partial charge in [0.15, 0.2) is 4.96 Å². The highest BCUT2D eigenvalue weighted by Crippen LogP contribution is 2.34. The first-order valence-electron chi connectivity index (χ1n) is 6.78. The third kappa shape index (κ3) is 2.83. The smallest absolute Gasteiger partial charge is 0.193 e. The zero-order valence-electron chi connectivity index (χ0n) is 11.7. The van der Waals surface area contributed by atoms with Gasteiger partial charge in [-0.2, -0.15) is 0 Å².